The fourth-order valence-corrected chi connectivity index (χ4v) is 3.32. The topological polar surface area (TPSA) is 51.2 Å². The van der Waals surface area contributed by atoms with Crippen molar-refractivity contribution in [1.29, 1.82) is 0 Å². The van der Waals surface area contributed by atoms with Crippen molar-refractivity contribution in [2.45, 2.75) is 20.5 Å². The molecule has 3 aromatic rings. The number of hydrogen-bond acceptors (Lipinski definition) is 4. The van der Waals surface area contributed by atoms with Crippen LogP contribution in [0.4, 0.5) is 10.1 Å². The summed E-state index contributed by atoms with van der Waals surface area (Å²) in [4.78, 5) is 17.2. The number of aromatic nitrogens is 1. The van der Waals surface area contributed by atoms with Crippen LogP contribution in [0.25, 0.3) is 0 Å². The predicted octanol–water partition coefficient (Wildman–Crippen LogP) is 5.38. The van der Waals surface area contributed by atoms with E-state index in [-0.39, 0.29) is 12.3 Å². The van der Waals surface area contributed by atoms with Gasteiger partial charge in [0.1, 0.15) is 28.1 Å². The third kappa shape index (κ3) is 4.39. The van der Waals surface area contributed by atoms with E-state index < -0.39 is 11.7 Å². The number of nitrogens with one attached hydrogen (secondary N) is 1. The molecule has 7 heteroatoms. The van der Waals surface area contributed by atoms with E-state index in [0.29, 0.717) is 20.6 Å². The van der Waals surface area contributed by atoms with Crippen LogP contribution in [0.1, 0.15) is 25.9 Å². The summed E-state index contributed by atoms with van der Waals surface area (Å²) < 4.78 is 19.5. The van der Waals surface area contributed by atoms with Gasteiger partial charge in [-0.15, -0.1) is 11.3 Å². The summed E-state index contributed by atoms with van der Waals surface area (Å²) in [6, 6.07) is 11.7. The number of rotatable bonds is 5. The largest absolute Gasteiger partial charge is 0.486 e. The number of aryl methyl sites for hydroxylation is 2. The first-order valence-corrected chi connectivity index (χ1v) is 9.04. The van der Waals surface area contributed by atoms with Crippen LogP contribution in [0, 0.1) is 19.7 Å². The SMILES string of the molecule is Cc1ccc(OCc2nc(C)c(C(=O)Nc3cc(Cl)ccc3F)s2)cc1. The Morgan fingerprint density at radius 1 is 1.23 bits per heavy atom. The summed E-state index contributed by atoms with van der Waals surface area (Å²) in [5.41, 5.74) is 1.75. The fourth-order valence-electron chi connectivity index (χ4n) is 2.28. The number of anilines is 1. The molecule has 0 radical (unpaired) electrons. The third-order valence-corrected chi connectivity index (χ3v) is 4.97. The number of halogens is 2. The highest BCUT2D eigenvalue weighted by Crippen LogP contribution is 2.24. The van der Waals surface area contributed by atoms with Crippen molar-refractivity contribution in [3.05, 3.63) is 74.4 Å². The van der Waals surface area contributed by atoms with Crippen LogP contribution in [-0.4, -0.2) is 10.9 Å². The van der Waals surface area contributed by atoms with Crippen LogP contribution >= 0.6 is 22.9 Å². The molecule has 2 aromatic carbocycles. The van der Waals surface area contributed by atoms with E-state index in [9.17, 15) is 9.18 Å². The molecule has 0 spiro atoms. The molecule has 1 heterocycles. The Hall–Kier alpha value is -2.44. The van der Waals surface area contributed by atoms with Gasteiger partial charge >= 0.3 is 0 Å². The molecule has 4 nitrogen and oxygen atoms in total. The summed E-state index contributed by atoms with van der Waals surface area (Å²) in [5, 5.41) is 3.54. The molecule has 0 saturated heterocycles. The Balaban J connectivity index is 1.69. The van der Waals surface area contributed by atoms with Crippen molar-refractivity contribution in [2.24, 2.45) is 0 Å². The number of thiazole rings is 1. The van der Waals surface area contributed by atoms with E-state index in [4.69, 9.17) is 16.3 Å². The summed E-state index contributed by atoms with van der Waals surface area (Å²) in [7, 11) is 0. The van der Waals surface area contributed by atoms with Crippen molar-refractivity contribution >= 4 is 34.5 Å². The molecule has 0 saturated carbocycles. The van der Waals surface area contributed by atoms with Gasteiger partial charge in [-0.2, -0.15) is 0 Å². The van der Waals surface area contributed by atoms with E-state index in [1.807, 2.05) is 31.2 Å². The number of carbonyl (C=O) groups is 1. The number of ether oxygens (including phenoxy) is 1. The van der Waals surface area contributed by atoms with Crippen LogP contribution in [0.2, 0.25) is 5.02 Å². The predicted molar refractivity (Wildman–Crippen MR) is 102 cm³/mol. The zero-order chi connectivity index (χ0) is 18.7. The lowest BCUT2D eigenvalue weighted by Crippen LogP contribution is -2.12. The summed E-state index contributed by atoms with van der Waals surface area (Å²) in [6.45, 7) is 3.99. The maximum Gasteiger partial charge on any atom is 0.267 e. The summed E-state index contributed by atoms with van der Waals surface area (Å²) in [5.74, 6) is -0.244. The molecular weight excluding hydrogens is 375 g/mol. The molecule has 0 fully saturated rings. The Bertz CT molecular complexity index is 941. The monoisotopic (exact) mass is 390 g/mol. The van der Waals surface area contributed by atoms with Crippen molar-refractivity contribution in [3.63, 3.8) is 0 Å². The average Bonchev–Trinajstić information content (AvgIpc) is 2.98. The van der Waals surface area contributed by atoms with Gasteiger partial charge in [0, 0.05) is 5.02 Å². The van der Waals surface area contributed by atoms with E-state index in [0.717, 1.165) is 11.3 Å². The van der Waals surface area contributed by atoms with Gasteiger partial charge in [0.15, 0.2) is 0 Å². The molecule has 3 rings (SSSR count). The lowest BCUT2D eigenvalue weighted by atomic mass is 10.2. The Labute approximate surface area is 159 Å². The van der Waals surface area contributed by atoms with Crippen LogP contribution in [0.5, 0.6) is 5.75 Å². The van der Waals surface area contributed by atoms with Gasteiger partial charge in [0.25, 0.3) is 5.91 Å². The zero-order valence-electron chi connectivity index (χ0n) is 14.2. The summed E-state index contributed by atoms with van der Waals surface area (Å²) >= 11 is 7.06. The number of amides is 1. The second-order valence-corrected chi connectivity index (χ2v) is 7.22. The first-order valence-electron chi connectivity index (χ1n) is 7.84. The summed E-state index contributed by atoms with van der Waals surface area (Å²) in [6.07, 6.45) is 0. The lowest BCUT2D eigenvalue weighted by molar-refractivity contribution is 0.102. The highest BCUT2D eigenvalue weighted by Gasteiger charge is 2.17. The molecular formula is C19H16ClFN2O2S. The van der Waals surface area contributed by atoms with Gasteiger partial charge in [-0.25, -0.2) is 9.37 Å². The first kappa shape index (κ1) is 18.4. The van der Waals surface area contributed by atoms with Crippen molar-refractivity contribution in [3.8, 4) is 5.75 Å². The maximum absolute atomic E-state index is 13.8. The zero-order valence-corrected chi connectivity index (χ0v) is 15.7. The molecule has 1 aromatic heterocycles. The lowest BCUT2D eigenvalue weighted by Gasteiger charge is -2.06. The van der Waals surface area contributed by atoms with Gasteiger partial charge in [0.2, 0.25) is 0 Å². The van der Waals surface area contributed by atoms with Crippen LogP contribution in [0.3, 0.4) is 0 Å². The van der Waals surface area contributed by atoms with E-state index >= 15 is 0 Å². The van der Waals surface area contributed by atoms with Gasteiger partial charge in [-0.05, 0) is 44.2 Å². The maximum atomic E-state index is 13.8. The molecule has 0 unspecified atom stereocenters. The Kier molecular flexibility index (Phi) is 5.54. The van der Waals surface area contributed by atoms with E-state index in [2.05, 4.69) is 10.3 Å². The minimum Gasteiger partial charge on any atom is -0.486 e. The normalized spacial score (nSPS) is 10.6. The third-order valence-electron chi connectivity index (χ3n) is 3.61. The van der Waals surface area contributed by atoms with Crippen molar-refractivity contribution in [2.75, 3.05) is 5.32 Å². The Morgan fingerprint density at radius 2 is 1.96 bits per heavy atom. The average molecular weight is 391 g/mol. The van der Waals surface area contributed by atoms with E-state index in [1.165, 1.54) is 29.5 Å². The van der Waals surface area contributed by atoms with Crippen molar-refractivity contribution < 1.29 is 13.9 Å². The van der Waals surface area contributed by atoms with Gasteiger partial charge < -0.3 is 10.1 Å². The second kappa shape index (κ2) is 7.85. The van der Waals surface area contributed by atoms with Crippen LogP contribution in [0.15, 0.2) is 42.5 Å². The number of carbonyl (C=O) groups excluding carboxylic acids is 1. The standard InChI is InChI=1S/C19H16ClFN2O2S/c1-11-3-6-14(7-4-11)25-10-17-22-12(2)18(26-17)19(24)23-16-9-13(20)5-8-15(16)21/h3-9H,10H2,1-2H3,(H,23,24). The molecule has 0 aliphatic rings. The molecule has 0 aliphatic carbocycles. The van der Waals surface area contributed by atoms with Gasteiger partial charge in [0.05, 0.1) is 11.4 Å². The first-order chi connectivity index (χ1) is 12.4. The number of hydrogen-bond donors (Lipinski definition) is 1. The smallest absolute Gasteiger partial charge is 0.267 e. The van der Waals surface area contributed by atoms with Crippen molar-refractivity contribution in [1.82, 2.24) is 4.98 Å². The highest BCUT2D eigenvalue weighted by atomic mass is 35.5. The second-order valence-electron chi connectivity index (χ2n) is 5.70. The molecule has 26 heavy (non-hydrogen) atoms. The highest BCUT2D eigenvalue weighted by molar-refractivity contribution is 7.13. The number of nitrogens with zero attached hydrogens (tertiary/aromatic N) is 1. The quantitative estimate of drug-likeness (QED) is 0.636. The fraction of sp³-hybridized carbons (Fsp3) is 0.158. The number of benzene rings is 2. The van der Waals surface area contributed by atoms with Gasteiger partial charge in [-0.1, -0.05) is 29.3 Å². The van der Waals surface area contributed by atoms with Crippen LogP contribution < -0.4 is 10.1 Å². The molecule has 1 N–H and O–H groups in total. The molecule has 0 atom stereocenters. The van der Waals surface area contributed by atoms with Crippen LogP contribution in [-0.2, 0) is 6.61 Å². The van der Waals surface area contributed by atoms with Gasteiger partial charge in [-0.3, -0.25) is 4.79 Å². The van der Waals surface area contributed by atoms with E-state index in [1.54, 1.807) is 6.92 Å². The Morgan fingerprint density at radius 3 is 2.69 bits per heavy atom. The molecule has 0 bridgehead atoms. The molecule has 1 amide bonds. The molecule has 0 aliphatic heterocycles. The minimum absolute atomic E-state index is 0.0350. The minimum atomic E-state index is -0.548. The molecule has 134 valence electrons.